The van der Waals surface area contributed by atoms with Crippen molar-refractivity contribution in [2.24, 2.45) is 0 Å². The normalized spacial score (nSPS) is 14.1. The SMILES string of the molecule is CCCCC/C=C\C/C=C\CCCCCCCCCC(=O)OC(CO)COP(=O)(O)OCC(CO)OC(=O)CCCCCCCCC/C=C\CCCCCCCCC. The summed E-state index contributed by atoms with van der Waals surface area (Å²) in [5, 5.41) is 19.2. The number of phosphoric ester groups is 1. The lowest BCUT2D eigenvalue weighted by Gasteiger charge is -2.20. The van der Waals surface area contributed by atoms with E-state index in [1.807, 2.05) is 0 Å². The number of phosphoric acid groups is 1. The molecule has 3 atom stereocenters. The number of unbranched alkanes of at least 4 members (excludes halogenated alkanes) is 24. The molecule has 58 heavy (non-hydrogen) atoms. The number of aliphatic hydroxyl groups excluding tert-OH is 2. The van der Waals surface area contributed by atoms with Crippen molar-refractivity contribution in [3.05, 3.63) is 36.5 Å². The van der Waals surface area contributed by atoms with Crippen molar-refractivity contribution < 1.29 is 47.8 Å². The zero-order chi connectivity index (χ0) is 42.6. The zero-order valence-corrected chi connectivity index (χ0v) is 37.9. The third kappa shape index (κ3) is 40.9. The first-order valence-corrected chi connectivity index (χ1v) is 24.9. The van der Waals surface area contributed by atoms with Crippen molar-refractivity contribution in [1.82, 2.24) is 0 Å². The van der Waals surface area contributed by atoms with Crippen molar-refractivity contribution in [2.45, 2.75) is 225 Å². The second-order valence-electron chi connectivity index (χ2n) is 15.7. The highest BCUT2D eigenvalue weighted by atomic mass is 31.2. The van der Waals surface area contributed by atoms with Gasteiger partial charge in [-0.2, -0.15) is 0 Å². The van der Waals surface area contributed by atoms with Crippen LogP contribution >= 0.6 is 7.82 Å². The summed E-state index contributed by atoms with van der Waals surface area (Å²) in [5.41, 5.74) is 0. The number of carbonyl (C=O) groups excluding carboxylic acids is 2. The van der Waals surface area contributed by atoms with E-state index in [-0.39, 0.29) is 12.8 Å². The number of hydrogen-bond donors (Lipinski definition) is 3. The molecule has 0 aromatic carbocycles. The second kappa shape index (κ2) is 43.3. The van der Waals surface area contributed by atoms with Crippen LogP contribution < -0.4 is 0 Å². The van der Waals surface area contributed by atoms with Gasteiger partial charge in [0.15, 0.2) is 0 Å². The number of aliphatic hydroxyl groups is 2. The lowest BCUT2D eigenvalue weighted by molar-refractivity contribution is -0.153. The Morgan fingerprint density at radius 1 is 0.466 bits per heavy atom. The fourth-order valence-electron chi connectivity index (χ4n) is 6.43. The van der Waals surface area contributed by atoms with E-state index < -0.39 is 58.4 Å². The fourth-order valence-corrected chi connectivity index (χ4v) is 7.22. The standard InChI is InChI=1S/C47H87O10P/c1-3-5-7-9-11-13-15-17-19-21-23-25-27-29-31-33-35-37-39-47(51)57-45(41-49)43-55-58(52,53)54-42-44(40-48)56-46(50)38-36-34-32-30-28-26-24-22-20-18-16-14-12-10-8-6-4-2/h12,14,18-21,44-45,48-49H,3-11,13,15-17,22-43H2,1-2H3,(H,52,53)/b14-12-,20-18-,21-19-. The first-order valence-electron chi connectivity index (χ1n) is 23.4. The Morgan fingerprint density at radius 2 is 0.759 bits per heavy atom. The molecule has 0 saturated carbocycles. The minimum absolute atomic E-state index is 0.183. The predicted molar refractivity (Wildman–Crippen MR) is 238 cm³/mol. The smallest absolute Gasteiger partial charge is 0.457 e. The summed E-state index contributed by atoms with van der Waals surface area (Å²) in [7, 11) is -4.64. The average molecular weight is 843 g/mol. The topological polar surface area (TPSA) is 149 Å². The first-order chi connectivity index (χ1) is 28.3. The second-order valence-corrected chi connectivity index (χ2v) is 17.2. The predicted octanol–water partition coefficient (Wildman–Crippen LogP) is 12.7. The van der Waals surface area contributed by atoms with Crippen LogP contribution in [0.4, 0.5) is 0 Å². The highest BCUT2D eigenvalue weighted by Crippen LogP contribution is 2.43. The molecule has 0 bridgehead atoms. The van der Waals surface area contributed by atoms with Gasteiger partial charge in [0, 0.05) is 12.8 Å². The summed E-state index contributed by atoms with van der Waals surface area (Å²) in [6.45, 7) is 2.19. The minimum atomic E-state index is -4.64. The summed E-state index contributed by atoms with van der Waals surface area (Å²) in [6.07, 6.45) is 45.4. The molecule has 0 aromatic heterocycles. The van der Waals surface area contributed by atoms with Gasteiger partial charge < -0.3 is 24.6 Å². The van der Waals surface area contributed by atoms with Gasteiger partial charge >= 0.3 is 19.8 Å². The monoisotopic (exact) mass is 843 g/mol. The van der Waals surface area contributed by atoms with E-state index in [1.165, 1.54) is 116 Å². The van der Waals surface area contributed by atoms with Gasteiger partial charge in [-0.05, 0) is 70.6 Å². The van der Waals surface area contributed by atoms with Crippen molar-refractivity contribution >= 4 is 19.8 Å². The maximum absolute atomic E-state index is 12.4. The highest BCUT2D eigenvalue weighted by molar-refractivity contribution is 7.47. The van der Waals surface area contributed by atoms with Crippen LogP contribution in [0.1, 0.15) is 213 Å². The summed E-state index contributed by atoms with van der Waals surface area (Å²) >= 11 is 0. The molecule has 10 nitrogen and oxygen atoms in total. The van der Waals surface area contributed by atoms with Gasteiger partial charge in [0.25, 0.3) is 0 Å². The van der Waals surface area contributed by atoms with Crippen molar-refractivity contribution in [1.29, 1.82) is 0 Å². The van der Waals surface area contributed by atoms with E-state index in [4.69, 9.17) is 18.5 Å². The Bertz CT molecular complexity index is 1060. The van der Waals surface area contributed by atoms with Crippen LogP contribution in [-0.2, 0) is 32.7 Å². The van der Waals surface area contributed by atoms with Crippen molar-refractivity contribution in [2.75, 3.05) is 26.4 Å². The molecule has 0 spiro atoms. The fraction of sp³-hybridized carbons (Fsp3) is 0.830. The molecule has 0 rings (SSSR count). The molecular weight excluding hydrogens is 755 g/mol. The van der Waals surface area contributed by atoms with Crippen LogP contribution in [-0.4, -0.2) is 65.7 Å². The molecule has 340 valence electrons. The molecule has 0 amide bonds. The number of esters is 2. The Hall–Kier alpha value is -1.81. The molecule has 0 aliphatic heterocycles. The number of hydrogen-bond acceptors (Lipinski definition) is 9. The number of rotatable bonds is 44. The first kappa shape index (κ1) is 56.2. The maximum Gasteiger partial charge on any atom is 0.472 e. The molecule has 0 saturated heterocycles. The zero-order valence-electron chi connectivity index (χ0n) is 37.0. The van der Waals surface area contributed by atoms with E-state index in [1.54, 1.807) is 0 Å². The van der Waals surface area contributed by atoms with Crippen LogP contribution in [0.3, 0.4) is 0 Å². The van der Waals surface area contributed by atoms with Crippen LogP contribution in [0.5, 0.6) is 0 Å². The Kier molecular flexibility index (Phi) is 41.9. The van der Waals surface area contributed by atoms with E-state index in [2.05, 4.69) is 50.3 Å². The molecule has 0 fully saturated rings. The summed E-state index contributed by atoms with van der Waals surface area (Å²) in [5.74, 6) is -1.03. The van der Waals surface area contributed by atoms with Crippen molar-refractivity contribution in [3.8, 4) is 0 Å². The molecule has 0 aliphatic rings. The minimum Gasteiger partial charge on any atom is -0.457 e. The summed E-state index contributed by atoms with van der Waals surface area (Å²) < 4.78 is 32.6. The molecule has 3 unspecified atom stereocenters. The Labute approximate surface area is 354 Å². The highest BCUT2D eigenvalue weighted by Gasteiger charge is 2.27. The third-order valence-corrected chi connectivity index (χ3v) is 11.0. The molecule has 0 aromatic rings. The molecular formula is C47H87O10P. The van der Waals surface area contributed by atoms with E-state index in [0.717, 1.165) is 57.8 Å². The van der Waals surface area contributed by atoms with Crippen LogP contribution in [0.2, 0.25) is 0 Å². The van der Waals surface area contributed by atoms with Gasteiger partial charge in [0.1, 0.15) is 12.2 Å². The number of ether oxygens (including phenoxy) is 2. The summed E-state index contributed by atoms with van der Waals surface area (Å²) in [6, 6.07) is 0. The molecule has 0 radical (unpaired) electrons. The molecule has 11 heteroatoms. The van der Waals surface area contributed by atoms with E-state index >= 15 is 0 Å². The lowest BCUT2D eigenvalue weighted by Crippen LogP contribution is -2.28. The molecule has 0 heterocycles. The maximum atomic E-state index is 12.4. The van der Waals surface area contributed by atoms with Gasteiger partial charge in [-0.1, -0.05) is 166 Å². The van der Waals surface area contributed by atoms with Gasteiger partial charge in [-0.25, -0.2) is 4.57 Å². The van der Waals surface area contributed by atoms with E-state index in [9.17, 15) is 29.3 Å². The summed E-state index contributed by atoms with van der Waals surface area (Å²) in [4.78, 5) is 34.6. The lowest BCUT2D eigenvalue weighted by atomic mass is 10.1. The number of carbonyl (C=O) groups is 2. The number of allylic oxidation sites excluding steroid dienone is 6. The Morgan fingerprint density at radius 3 is 1.12 bits per heavy atom. The van der Waals surface area contributed by atoms with Crippen LogP contribution in [0.25, 0.3) is 0 Å². The average Bonchev–Trinajstić information content (AvgIpc) is 3.21. The van der Waals surface area contributed by atoms with Crippen LogP contribution in [0.15, 0.2) is 36.5 Å². The van der Waals surface area contributed by atoms with Crippen molar-refractivity contribution in [3.63, 3.8) is 0 Å². The molecule has 3 N–H and O–H groups in total. The van der Waals surface area contributed by atoms with Gasteiger partial charge in [-0.3, -0.25) is 18.6 Å². The van der Waals surface area contributed by atoms with Gasteiger partial charge in [0.2, 0.25) is 0 Å². The largest absolute Gasteiger partial charge is 0.472 e. The van der Waals surface area contributed by atoms with Gasteiger partial charge in [-0.15, -0.1) is 0 Å². The quantitative estimate of drug-likeness (QED) is 0.0234. The Balaban J connectivity index is 3.90. The molecule has 0 aliphatic carbocycles. The van der Waals surface area contributed by atoms with Gasteiger partial charge in [0.05, 0.1) is 26.4 Å². The third-order valence-electron chi connectivity index (χ3n) is 10.1. The van der Waals surface area contributed by atoms with Crippen LogP contribution in [0, 0.1) is 0 Å². The van der Waals surface area contributed by atoms with E-state index in [0.29, 0.717) is 12.8 Å².